The van der Waals surface area contributed by atoms with Gasteiger partial charge in [0.2, 0.25) is 5.91 Å². The summed E-state index contributed by atoms with van der Waals surface area (Å²) < 4.78 is 0. The third kappa shape index (κ3) is 6.84. The summed E-state index contributed by atoms with van der Waals surface area (Å²) in [5.41, 5.74) is 2.38. The van der Waals surface area contributed by atoms with Crippen molar-refractivity contribution < 1.29 is 4.79 Å². The van der Waals surface area contributed by atoms with Gasteiger partial charge in [0, 0.05) is 39.1 Å². The Morgan fingerprint density at radius 3 is 2.60 bits per heavy atom. The van der Waals surface area contributed by atoms with E-state index in [1.54, 1.807) is 7.05 Å². The molecule has 0 aliphatic carbocycles. The lowest BCUT2D eigenvalue weighted by Gasteiger charge is -2.21. The molecule has 6 heteroatoms. The number of carbonyl (C=O) groups excluding carboxylic acids is 1. The van der Waals surface area contributed by atoms with Crippen molar-refractivity contribution in [2.45, 2.75) is 52.7 Å². The molecule has 5 nitrogen and oxygen atoms in total. The Kier molecular flexibility index (Phi) is 9.24. The summed E-state index contributed by atoms with van der Waals surface area (Å²) in [6, 6.07) is 8.77. The van der Waals surface area contributed by atoms with Crippen molar-refractivity contribution in [2.75, 3.05) is 13.6 Å². The van der Waals surface area contributed by atoms with Crippen molar-refractivity contribution in [3.8, 4) is 0 Å². The fourth-order valence-corrected chi connectivity index (χ4v) is 2.69. The van der Waals surface area contributed by atoms with Crippen molar-refractivity contribution in [1.29, 1.82) is 0 Å². The summed E-state index contributed by atoms with van der Waals surface area (Å²) in [6.07, 6.45) is 1.67. The van der Waals surface area contributed by atoms with Gasteiger partial charge in [0.1, 0.15) is 0 Å². The second-order valence-corrected chi connectivity index (χ2v) is 6.84. The predicted octanol–water partition coefficient (Wildman–Crippen LogP) is 3.14. The van der Waals surface area contributed by atoms with Crippen LogP contribution >= 0.6 is 24.0 Å². The fourth-order valence-electron chi connectivity index (χ4n) is 2.69. The molecule has 0 saturated carbocycles. The van der Waals surface area contributed by atoms with Crippen molar-refractivity contribution >= 4 is 35.8 Å². The summed E-state index contributed by atoms with van der Waals surface area (Å²) in [6.45, 7) is 8.84. The van der Waals surface area contributed by atoms with E-state index in [0.717, 1.165) is 18.9 Å². The molecule has 140 valence electrons. The molecule has 1 atom stereocenters. The van der Waals surface area contributed by atoms with Gasteiger partial charge < -0.3 is 15.5 Å². The van der Waals surface area contributed by atoms with Crippen LogP contribution in [0.15, 0.2) is 29.3 Å². The van der Waals surface area contributed by atoms with Crippen LogP contribution in [0.1, 0.15) is 44.7 Å². The second-order valence-electron chi connectivity index (χ2n) is 6.84. The van der Waals surface area contributed by atoms with E-state index in [0.29, 0.717) is 31.5 Å². The molecule has 1 aliphatic rings. The summed E-state index contributed by atoms with van der Waals surface area (Å²) in [5, 5.41) is 6.76. The highest BCUT2D eigenvalue weighted by atomic mass is 127. The average Bonchev–Trinajstić information content (AvgIpc) is 2.96. The lowest BCUT2D eigenvalue weighted by Crippen LogP contribution is -2.43. The van der Waals surface area contributed by atoms with E-state index in [1.807, 2.05) is 4.90 Å². The second kappa shape index (κ2) is 10.6. The van der Waals surface area contributed by atoms with Gasteiger partial charge in [-0.2, -0.15) is 0 Å². The van der Waals surface area contributed by atoms with Gasteiger partial charge in [0.25, 0.3) is 0 Å². The van der Waals surface area contributed by atoms with Crippen LogP contribution in [0.3, 0.4) is 0 Å². The van der Waals surface area contributed by atoms with Crippen LogP contribution in [0.5, 0.6) is 0 Å². The first-order chi connectivity index (χ1) is 11.5. The van der Waals surface area contributed by atoms with Crippen molar-refractivity contribution in [3.63, 3.8) is 0 Å². The Hall–Kier alpha value is -1.31. The highest BCUT2D eigenvalue weighted by molar-refractivity contribution is 14.0. The number of hydrogen-bond acceptors (Lipinski definition) is 2. The third-order valence-electron chi connectivity index (χ3n) is 4.58. The van der Waals surface area contributed by atoms with Crippen molar-refractivity contribution in [1.82, 2.24) is 15.5 Å². The van der Waals surface area contributed by atoms with Crippen LogP contribution in [0.2, 0.25) is 0 Å². The standard InChI is InChI=1S/C19H30N4O.HI/c1-14(2)15(3)22-19(20-4)21-12-16-7-5-8-17(11-16)13-23-10-6-9-18(23)24;/h5,7-8,11,14-15H,6,9-10,12-13H2,1-4H3,(H2,20,21,22);1H. The molecular weight excluding hydrogens is 427 g/mol. The Morgan fingerprint density at radius 2 is 2.00 bits per heavy atom. The van der Waals surface area contributed by atoms with Gasteiger partial charge in [-0.3, -0.25) is 9.79 Å². The lowest BCUT2D eigenvalue weighted by molar-refractivity contribution is -0.128. The van der Waals surface area contributed by atoms with Crippen molar-refractivity contribution in [3.05, 3.63) is 35.4 Å². The van der Waals surface area contributed by atoms with E-state index < -0.39 is 0 Å². The zero-order valence-corrected chi connectivity index (χ0v) is 18.0. The van der Waals surface area contributed by atoms with Gasteiger partial charge >= 0.3 is 0 Å². The quantitative estimate of drug-likeness (QED) is 0.391. The molecule has 0 bridgehead atoms. The number of guanidine groups is 1. The number of hydrogen-bond donors (Lipinski definition) is 2. The third-order valence-corrected chi connectivity index (χ3v) is 4.58. The van der Waals surface area contributed by atoms with Gasteiger partial charge in [-0.05, 0) is 30.4 Å². The molecule has 0 aromatic heterocycles. The molecule has 0 spiro atoms. The van der Waals surface area contributed by atoms with Gasteiger partial charge in [-0.25, -0.2) is 0 Å². The van der Waals surface area contributed by atoms with Crippen LogP contribution in [0.25, 0.3) is 0 Å². The number of halogens is 1. The van der Waals surface area contributed by atoms with E-state index in [9.17, 15) is 4.79 Å². The minimum Gasteiger partial charge on any atom is -0.354 e. The van der Waals surface area contributed by atoms with E-state index in [-0.39, 0.29) is 29.9 Å². The molecule has 0 radical (unpaired) electrons. The van der Waals surface area contributed by atoms with Gasteiger partial charge in [0.15, 0.2) is 5.96 Å². The van der Waals surface area contributed by atoms with Gasteiger partial charge in [-0.15, -0.1) is 24.0 Å². The molecular formula is C19H31IN4O. The molecule has 1 amide bonds. The summed E-state index contributed by atoms with van der Waals surface area (Å²) in [4.78, 5) is 18.0. The SMILES string of the molecule is CN=C(NCc1cccc(CN2CCCC2=O)c1)NC(C)C(C)C.I. The highest BCUT2D eigenvalue weighted by Gasteiger charge is 2.19. The first-order valence-corrected chi connectivity index (χ1v) is 8.82. The largest absolute Gasteiger partial charge is 0.354 e. The van der Waals surface area contributed by atoms with Crippen LogP contribution in [0.4, 0.5) is 0 Å². The van der Waals surface area contributed by atoms with Gasteiger partial charge in [-0.1, -0.05) is 38.1 Å². The zero-order chi connectivity index (χ0) is 17.5. The Bertz CT molecular complexity index is 589. The number of aliphatic imine (C=N–C) groups is 1. The number of benzene rings is 1. The topological polar surface area (TPSA) is 56.7 Å². The summed E-state index contributed by atoms with van der Waals surface area (Å²) in [7, 11) is 1.79. The Labute approximate surface area is 168 Å². The number of rotatable bonds is 6. The summed E-state index contributed by atoms with van der Waals surface area (Å²) >= 11 is 0. The number of nitrogens with one attached hydrogen (secondary N) is 2. The molecule has 1 aromatic rings. The Morgan fingerprint density at radius 1 is 1.28 bits per heavy atom. The summed E-state index contributed by atoms with van der Waals surface area (Å²) in [5.74, 6) is 1.63. The molecule has 1 aliphatic heterocycles. The lowest BCUT2D eigenvalue weighted by atomic mass is 10.1. The maximum Gasteiger partial charge on any atom is 0.222 e. The van der Waals surface area contributed by atoms with Crippen LogP contribution in [0, 0.1) is 5.92 Å². The normalized spacial score (nSPS) is 16.0. The first-order valence-electron chi connectivity index (χ1n) is 8.82. The molecule has 25 heavy (non-hydrogen) atoms. The molecule has 2 N–H and O–H groups in total. The maximum absolute atomic E-state index is 11.8. The molecule has 1 saturated heterocycles. The van der Waals surface area contributed by atoms with E-state index in [4.69, 9.17) is 0 Å². The van der Waals surface area contributed by atoms with Gasteiger partial charge in [0.05, 0.1) is 0 Å². The molecule has 1 unspecified atom stereocenters. The Balaban J connectivity index is 0.00000312. The zero-order valence-electron chi connectivity index (χ0n) is 15.7. The number of nitrogens with zero attached hydrogens (tertiary/aromatic N) is 2. The van der Waals surface area contributed by atoms with Crippen LogP contribution in [-0.2, 0) is 17.9 Å². The molecule has 1 aromatic carbocycles. The van der Waals surface area contributed by atoms with Crippen LogP contribution < -0.4 is 10.6 Å². The first kappa shape index (κ1) is 21.7. The van der Waals surface area contributed by atoms with E-state index in [1.165, 1.54) is 11.1 Å². The smallest absolute Gasteiger partial charge is 0.222 e. The fraction of sp³-hybridized carbons (Fsp3) is 0.579. The predicted molar refractivity (Wildman–Crippen MR) is 114 cm³/mol. The molecule has 1 fully saturated rings. The number of carbonyl (C=O) groups is 1. The van der Waals surface area contributed by atoms with Crippen molar-refractivity contribution in [2.24, 2.45) is 10.9 Å². The minimum absolute atomic E-state index is 0. The molecule has 2 rings (SSSR count). The monoisotopic (exact) mass is 458 g/mol. The van der Waals surface area contributed by atoms with Crippen LogP contribution in [-0.4, -0.2) is 36.4 Å². The number of likely N-dealkylation sites (tertiary alicyclic amines) is 1. The van der Waals surface area contributed by atoms with E-state index in [2.05, 4.69) is 60.7 Å². The number of amides is 1. The minimum atomic E-state index is 0. The average molecular weight is 458 g/mol. The highest BCUT2D eigenvalue weighted by Crippen LogP contribution is 2.15. The molecule has 1 heterocycles. The van der Waals surface area contributed by atoms with E-state index >= 15 is 0 Å². The maximum atomic E-state index is 11.8.